The maximum Gasteiger partial charge on any atom is 0.246 e. The number of hydrogen-bond acceptors (Lipinski definition) is 5. The lowest BCUT2D eigenvalue weighted by molar-refractivity contribution is -0.118. The van der Waals surface area contributed by atoms with E-state index in [4.69, 9.17) is 10.5 Å². The molecule has 0 unspecified atom stereocenters. The molecule has 0 atom stereocenters. The van der Waals surface area contributed by atoms with Gasteiger partial charge in [-0.25, -0.2) is 8.42 Å². The third-order valence-electron chi connectivity index (χ3n) is 4.68. The largest absolute Gasteiger partial charge is 0.492 e. The molecule has 1 aliphatic heterocycles. The van der Waals surface area contributed by atoms with Gasteiger partial charge in [0.1, 0.15) is 10.6 Å². The number of ether oxygens (including phenoxy) is 1. The van der Waals surface area contributed by atoms with Crippen LogP contribution in [0.1, 0.15) is 39.0 Å². The number of halogens is 1. The summed E-state index contributed by atoms with van der Waals surface area (Å²) in [7, 11) is -3.67. The van der Waals surface area contributed by atoms with Gasteiger partial charge in [-0.1, -0.05) is 6.42 Å². The van der Waals surface area contributed by atoms with E-state index in [9.17, 15) is 13.2 Å². The molecule has 3 N–H and O–H groups in total. The highest BCUT2D eigenvalue weighted by Gasteiger charge is 2.46. The van der Waals surface area contributed by atoms with Crippen LogP contribution in [0.15, 0.2) is 23.1 Å². The van der Waals surface area contributed by atoms with E-state index in [0.29, 0.717) is 44.0 Å². The summed E-state index contributed by atoms with van der Waals surface area (Å²) in [6.45, 7) is 3.19. The Bertz CT molecular complexity index is 759. The molecule has 0 spiro atoms. The van der Waals surface area contributed by atoms with Gasteiger partial charge in [0.2, 0.25) is 15.9 Å². The van der Waals surface area contributed by atoms with Crippen LogP contribution in [-0.2, 0) is 14.8 Å². The molecule has 0 aromatic heterocycles. The Kier molecular flexibility index (Phi) is 6.55. The van der Waals surface area contributed by atoms with Crippen LogP contribution in [-0.4, -0.2) is 43.9 Å². The first-order valence-electron chi connectivity index (χ1n) is 8.74. The van der Waals surface area contributed by atoms with Crippen LogP contribution in [0, 0.1) is 0 Å². The van der Waals surface area contributed by atoms with Crippen molar-refractivity contribution in [1.29, 1.82) is 0 Å². The number of carbonyl (C=O) groups excluding carboxylic acids is 1. The summed E-state index contributed by atoms with van der Waals surface area (Å²) in [6, 6.07) is 4.70. The summed E-state index contributed by atoms with van der Waals surface area (Å²) >= 11 is 0. The van der Waals surface area contributed by atoms with Gasteiger partial charge >= 0.3 is 0 Å². The topological polar surface area (TPSA) is 102 Å². The molecule has 1 aromatic rings. The second-order valence-electron chi connectivity index (χ2n) is 6.67. The van der Waals surface area contributed by atoms with Crippen LogP contribution in [0.2, 0.25) is 0 Å². The minimum Gasteiger partial charge on any atom is -0.492 e. The molecule has 0 bridgehead atoms. The molecule has 7 nitrogen and oxygen atoms in total. The van der Waals surface area contributed by atoms with E-state index in [1.807, 2.05) is 0 Å². The van der Waals surface area contributed by atoms with E-state index in [1.165, 1.54) is 10.4 Å². The fourth-order valence-electron chi connectivity index (χ4n) is 2.92. The van der Waals surface area contributed by atoms with Crippen molar-refractivity contribution in [3.63, 3.8) is 0 Å². The lowest BCUT2D eigenvalue weighted by Gasteiger charge is -2.27. The van der Waals surface area contributed by atoms with Crippen LogP contribution in [0.3, 0.4) is 0 Å². The number of piperidine rings is 1. The number of nitrogens with two attached hydrogens (primary N) is 1. The van der Waals surface area contributed by atoms with Crippen molar-refractivity contribution in [2.75, 3.05) is 25.0 Å². The first-order chi connectivity index (χ1) is 11.9. The molecule has 1 heterocycles. The molecule has 2 aliphatic rings. The number of benzene rings is 1. The first kappa shape index (κ1) is 21.0. The van der Waals surface area contributed by atoms with Gasteiger partial charge in [0.05, 0.1) is 12.1 Å². The van der Waals surface area contributed by atoms with Crippen molar-refractivity contribution in [2.45, 2.75) is 49.5 Å². The summed E-state index contributed by atoms with van der Waals surface area (Å²) in [6.07, 6.45) is 4.05. The quantitative estimate of drug-likeness (QED) is 0.757. The number of hydrogen-bond donors (Lipinski definition) is 2. The van der Waals surface area contributed by atoms with E-state index in [2.05, 4.69) is 5.32 Å². The molecule has 1 aliphatic carbocycles. The highest BCUT2D eigenvalue weighted by Crippen LogP contribution is 2.35. The van der Waals surface area contributed by atoms with Gasteiger partial charge in [-0.05, 0) is 50.8 Å². The smallest absolute Gasteiger partial charge is 0.246 e. The highest BCUT2D eigenvalue weighted by molar-refractivity contribution is 7.89. The monoisotopic (exact) mass is 403 g/mol. The van der Waals surface area contributed by atoms with E-state index in [-0.39, 0.29) is 23.2 Å². The lowest BCUT2D eigenvalue weighted by Crippen LogP contribution is -2.38. The molecular formula is C17H26ClN3O4S. The molecule has 2 fully saturated rings. The van der Waals surface area contributed by atoms with Crippen molar-refractivity contribution < 1.29 is 17.9 Å². The molecule has 0 radical (unpaired) electrons. The number of rotatable bonds is 6. The van der Waals surface area contributed by atoms with Crippen molar-refractivity contribution in [2.24, 2.45) is 5.73 Å². The van der Waals surface area contributed by atoms with E-state index >= 15 is 0 Å². The van der Waals surface area contributed by atoms with Crippen molar-refractivity contribution in [1.82, 2.24) is 4.31 Å². The molecule has 146 valence electrons. The number of sulfonamides is 1. The Labute approximate surface area is 160 Å². The fraction of sp³-hybridized carbons (Fsp3) is 0.588. The van der Waals surface area contributed by atoms with Crippen molar-refractivity contribution in [3.05, 3.63) is 18.2 Å². The molecular weight excluding hydrogens is 378 g/mol. The summed E-state index contributed by atoms with van der Waals surface area (Å²) in [5, 5.41) is 2.73. The first-order valence-corrected chi connectivity index (χ1v) is 10.2. The highest BCUT2D eigenvalue weighted by atomic mass is 35.5. The standard InChI is InChI=1S/C17H25N3O4S.ClH/c1-2-24-14-7-6-13(19-16(21)17(18)8-9-17)12-15(14)25(22,23)20-10-4-3-5-11-20;/h6-7,12H,2-5,8-11,18H2,1H3,(H,19,21);1H. The predicted octanol–water partition coefficient (Wildman–Crippen LogP) is 2.11. The zero-order chi connectivity index (χ0) is 18.1. The molecule has 26 heavy (non-hydrogen) atoms. The summed E-state index contributed by atoms with van der Waals surface area (Å²) < 4.78 is 33.1. The second-order valence-corrected chi connectivity index (χ2v) is 8.58. The molecule has 3 rings (SSSR count). The number of carbonyl (C=O) groups is 1. The Morgan fingerprint density at radius 3 is 2.50 bits per heavy atom. The van der Waals surface area contributed by atoms with Crippen LogP contribution >= 0.6 is 12.4 Å². The zero-order valence-corrected chi connectivity index (χ0v) is 16.5. The van der Waals surface area contributed by atoms with E-state index in [1.54, 1.807) is 19.1 Å². The third-order valence-corrected chi connectivity index (χ3v) is 6.59. The lowest BCUT2D eigenvalue weighted by atomic mass is 10.2. The van der Waals surface area contributed by atoms with E-state index in [0.717, 1.165) is 19.3 Å². The maximum atomic E-state index is 13.0. The fourth-order valence-corrected chi connectivity index (χ4v) is 4.60. The van der Waals surface area contributed by atoms with Gasteiger partial charge in [-0.2, -0.15) is 4.31 Å². The van der Waals surface area contributed by atoms with Crippen LogP contribution < -0.4 is 15.8 Å². The average Bonchev–Trinajstić information content (AvgIpc) is 3.36. The number of anilines is 1. The van der Waals surface area contributed by atoms with Gasteiger partial charge in [-0.15, -0.1) is 12.4 Å². The van der Waals surface area contributed by atoms with Gasteiger partial charge < -0.3 is 15.8 Å². The number of nitrogens with zero attached hydrogens (tertiary/aromatic N) is 1. The summed E-state index contributed by atoms with van der Waals surface area (Å²) in [5.41, 5.74) is 5.50. The third kappa shape index (κ3) is 4.31. The van der Waals surface area contributed by atoms with Gasteiger partial charge in [-0.3, -0.25) is 4.79 Å². The minimum atomic E-state index is -3.67. The zero-order valence-electron chi connectivity index (χ0n) is 14.9. The Morgan fingerprint density at radius 2 is 1.92 bits per heavy atom. The minimum absolute atomic E-state index is 0. The molecule has 1 aromatic carbocycles. The molecule has 1 saturated carbocycles. The van der Waals surface area contributed by atoms with E-state index < -0.39 is 15.6 Å². The molecule has 9 heteroatoms. The van der Waals surface area contributed by atoms with Gasteiger partial charge in [0.15, 0.2) is 0 Å². The Morgan fingerprint density at radius 1 is 1.27 bits per heavy atom. The van der Waals surface area contributed by atoms with Crippen molar-refractivity contribution in [3.8, 4) is 5.75 Å². The second kappa shape index (κ2) is 8.12. The van der Waals surface area contributed by atoms with Crippen LogP contribution in [0.4, 0.5) is 5.69 Å². The van der Waals surface area contributed by atoms with Gasteiger partial charge in [0, 0.05) is 18.8 Å². The SMILES string of the molecule is CCOc1ccc(NC(=O)C2(N)CC2)cc1S(=O)(=O)N1CCCCC1.Cl. The Hall–Kier alpha value is -1.35. The number of amides is 1. The normalized spacial score (nSPS) is 19.3. The van der Waals surface area contributed by atoms with Crippen LogP contribution in [0.5, 0.6) is 5.75 Å². The molecule has 1 amide bonds. The predicted molar refractivity (Wildman–Crippen MR) is 102 cm³/mol. The summed E-state index contributed by atoms with van der Waals surface area (Å²) in [4.78, 5) is 12.2. The Balaban J connectivity index is 0.00000243. The summed E-state index contributed by atoms with van der Waals surface area (Å²) in [5.74, 6) is 0.0259. The number of nitrogens with one attached hydrogen (secondary N) is 1. The van der Waals surface area contributed by atoms with Crippen molar-refractivity contribution >= 4 is 34.0 Å². The maximum absolute atomic E-state index is 13.0. The van der Waals surface area contributed by atoms with Crippen LogP contribution in [0.25, 0.3) is 0 Å². The van der Waals surface area contributed by atoms with Gasteiger partial charge in [0.25, 0.3) is 0 Å². The molecule has 1 saturated heterocycles. The average molecular weight is 404 g/mol.